The Balaban J connectivity index is 2.28. The largest absolute Gasteiger partial charge is 0.334 e. The fraction of sp³-hybridized carbons (Fsp3) is 0.417. The molecule has 2 heterocycles. The third-order valence-electron chi connectivity index (χ3n) is 3.21. The van der Waals surface area contributed by atoms with Crippen molar-refractivity contribution < 1.29 is 9.72 Å². The van der Waals surface area contributed by atoms with Gasteiger partial charge in [0.2, 0.25) is 5.69 Å². The van der Waals surface area contributed by atoms with E-state index in [2.05, 4.69) is 26.1 Å². The third kappa shape index (κ3) is 3.01. The predicted octanol–water partition coefficient (Wildman–Crippen LogP) is 1.58. The van der Waals surface area contributed by atoms with E-state index < -0.39 is 10.8 Å². The average molecular weight is 371 g/mol. The second-order valence-corrected chi connectivity index (χ2v) is 5.55. The molecule has 0 atom stereocenters. The molecule has 0 aliphatic rings. The molecule has 0 saturated heterocycles. The maximum atomic E-state index is 12.4. The smallest absolute Gasteiger partial charge is 0.320 e. The lowest BCUT2D eigenvalue weighted by Crippen LogP contribution is -2.28. The molecule has 2 aromatic rings. The standard InChI is InChI=1S/C12H15BrN6O3/c1-4-18-7-10(19(21)22)11(15-18)12(20)16(2)6-9-8(13)5-14-17(9)3/h5,7H,4,6H2,1-3H3. The van der Waals surface area contributed by atoms with Crippen molar-refractivity contribution >= 4 is 27.5 Å². The summed E-state index contributed by atoms with van der Waals surface area (Å²) in [6.07, 6.45) is 2.89. The lowest BCUT2D eigenvalue weighted by atomic mass is 10.3. The molecule has 0 fully saturated rings. The van der Waals surface area contributed by atoms with E-state index in [0.29, 0.717) is 6.54 Å². The first-order valence-corrected chi connectivity index (χ1v) is 7.28. The van der Waals surface area contributed by atoms with Crippen LogP contribution in [0.2, 0.25) is 0 Å². The van der Waals surface area contributed by atoms with Crippen molar-refractivity contribution in [1.29, 1.82) is 0 Å². The fourth-order valence-electron chi connectivity index (χ4n) is 1.95. The summed E-state index contributed by atoms with van der Waals surface area (Å²) in [7, 11) is 3.32. The van der Waals surface area contributed by atoms with Crippen LogP contribution < -0.4 is 0 Å². The second-order valence-electron chi connectivity index (χ2n) is 4.70. The Morgan fingerprint density at radius 2 is 2.23 bits per heavy atom. The number of halogens is 1. The SMILES string of the molecule is CCn1cc([N+](=O)[O-])c(C(=O)N(C)Cc2c(Br)cnn2C)n1. The molecular formula is C12H15BrN6O3. The number of rotatable bonds is 5. The molecule has 0 saturated carbocycles. The maximum absolute atomic E-state index is 12.4. The molecule has 1 amide bonds. The van der Waals surface area contributed by atoms with Gasteiger partial charge in [0.15, 0.2) is 0 Å². The number of nitrogens with zero attached hydrogens (tertiary/aromatic N) is 6. The molecule has 0 N–H and O–H groups in total. The van der Waals surface area contributed by atoms with Gasteiger partial charge >= 0.3 is 5.69 Å². The molecule has 0 bridgehead atoms. The first-order chi connectivity index (χ1) is 10.3. The Bertz CT molecular complexity index is 703. The Kier molecular flexibility index (Phi) is 4.59. The van der Waals surface area contributed by atoms with Gasteiger partial charge in [0, 0.05) is 20.6 Å². The topological polar surface area (TPSA) is 99.1 Å². The second kappa shape index (κ2) is 6.26. The van der Waals surface area contributed by atoms with Crippen LogP contribution in [-0.4, -0.2) is 42.3 Å². The lowest BCUT2D eigenvalue weighted by molar-refractivity contribution is -0.385. The number of aryl methyl sites for hydroxylation is 2. The number of nitro groups is 1. The molecule has 0 aliphatic carbocycles. The maximum Gasteiger partial charge on any atom is 0.320 e. The first kappa shape index (κ1) is 16.1. The number of carbonyl (C=O) groups excluding carboxylic acids is 1. The fourth-order valence-corrected chi connectivity index (χ4v) is 2.42. The van der Waals surface area contributed by atoms with Gasteiger partial charge in [-0.05, 0) is 22.9 Å². The van der Waals surface area contributed by atoms with Crippen molar-refractivity contribution in [3.63, 3.8) is 0 Å². The average Bonchev–Trinajstić information content (AvgIpc) is 3.05. The molecule has 0 aromatic carbocycles. The highest BCUT2D eigenvalue weighted by Crippen LogP contribution is 2.21. The molecule has 2 aromatic heterocycles. The van der Waals surface area contributed by atoms with Crippen LogP contribution in [0, 0.1) is 10.1 Å². The van der Waals surface area contributed by atoms with E-state index in [4.69, 9.17) is 0 Å². The summed E-state index contributed by atoms with van der Waals surface area (Å²) < 4.78 is 3.77. The summed E-state index contributed by atoms with van der Waals surface area (Å²) in [5.41, 5.74) is 0.337. The van der Waals surface area contributed by atoms with Crippen LogP contribution in [0.4, 0.5) is 5.69 Å². The van der Waals surface area contributed by atoms with Gasteiger partial charge in [-0.25, -0.2) is 0 Å². The van der Waals surface area contributed by atoms with Crippen LogP contribution in [0.15, 0.2) is 16.9 Å². The highest BCUT2D eigenvalue weighted by molar-refractivity contribution is 9.10. The van der Waals surface area contributed by atoms with Crippen molar-refractivity contribution in [2.45, 2.75) is 20.0 Å². The normalized spacial score (nSPS) is 10.7. The van der Waals surface area contributed by atoms with E-state index >= 15 is 0 Å². The molecule has 9 nitrogen and oxygen atoms in total. The van der Waals surface area contributed by atoms with Crippen LogP contribution >= 0.6 is 15.9 Å². The van der Waals surface area contributed by atoms with Crippen LogP contribution in [0.5, 0.6) is 0 Å². The van der Waals surface area contributed by atoms with Gasteiger partial charge in [0.1, 0.15) is 6.20 Å². The zero-order chi connectivity index (χ0) is 16.4. The van der Waals surface area contributed by atoms with E-state index in [9.17, 15) is 14.9 Å². The summed E-state index contributed by atoms with van der Waals surface area (Å²) in [5.74, 6) is -0.507. The molecule has 0 radical (unpaired) electrons. The Labute approximate surface area is 134 Å². The van der Waals surface area contributed by atoms with Gasteiger partial charge in [-0.3, -0.25) is 24.3 Å². The van der Waals surface area contributed by atoms with Gasteiger partial charge < -0.3 is 4.90 Å². The van der Waals surface area contributed by atoms with Crippen molar-refractivity contribution in [1.82, 2.24) is 24.5 Å². The third-order valence-corrected chi connectivity index (χ3v) is 3.87. The lowest BCUT2D eigenvalue weighted by Gasteiger charge is -2.16. The molecule has 0 unspecified atom stereocenters. The van der Waals surface area contributed by atoms with Gasteiger partial charge in [-0.2, -0.15) is 10.2 Å². The Hall–Kier alpha value is -2.23. The molecule has 10 heteroatoms. The Morgan fingerprint density at radius 3 is 2.73 bits per heavy atom. The van der Waals surface area contributed by atoms with Crippen LogP contribution in [0.1, 0.15) is 23.1 Å². The van der Waals surface area contributed by atoms with Crippen molar-refractivity contribution in [3.8, 4) is 0 Å². The molecular weight excluding hydrogens is 356 g/mol. The van der Waals surface area contributed by atoms with E-state index in [1.165, 1.54) is 15.8 Å². The summed E-state index contributed by atoms with van der Waals surface area (Å²) in [6.45, 7) is 2.50. The van der Waals surface area contributed by atoms with Gasteiger partial charge in [0.25, 0.3) is 5.91 Å². The molecule has 22 heavy (non-hydrogen) atoms. The van der Waals surface area contributed by atoms with Gasteiger partial charge in [0.05, 0.1) is 27.8 Å². The molecule has 2 rings (SSSR count). The summed E-state index contributed by atoms with van der Waals surface area (Å²) >= 11 is 3.35. The summed E-state index contributed by atoms with van der Waals surface area (Å²) in [5, 5.41) is 19.1. The van der Waals surface area contributed by atoms with Crippen molar-refractivity contribution in [2.75, 3.05) is 7.05 Å². The number of carbonyl (C=O) groups is 1. The minimum atomic E-state index is -0.597. The summed E-state index contributed by atoms with van der Waals surface area (Å²) in [4.78, 5) is 24.3. The zero-order valence-electron chi connectivity index (χ0n) is 12.4. The number of aromatic nitrogens is 4. The van der Waals surface area contributed by atoms with Crippen LogP contribution in [0.3, 0.4) is 0 Å². The molecule has 0 spiro atoms. The van der Waals surface area contributed by atoms with Crippen molar-refractivity contribution in [2.24, 2.45) is 7.05 Å². The Morgan fingerprint density at radius 1 is 1.55 bits per heavy atom. The van der Waals surface area contributed by atoms with E-state index in [0.717, 1.165) is 10.2 Å². The van der Waals surface area contributed by atoms with Gasteiger partial charge in [-0.1, -0.05) is 0 Å². The number of amides is 1. The molecule has 0 aliphatic heterocycles. The quantitative estimate of drug-likeness (QED) is 0.587. The van der Waals surface area contributed by atoms with Crippen LogP contribution in [-0.2, 0) is 20.1 Å². The molecule has 118 valence electrons. The number of hydrogen-bond donors (Lipinski definition) is 0. The monoisotopic (exact) mass is 370 g/mol. The minimum absolute atomic E-state index is 0.160. The van der Waals surface area contributed by atoms with Crippen molar-refractivity contribution in [3.05, 3.63) is 38.4 Å². The first-order valence-electron chi connectivity index (χ1n) is 6.48. The highest BCUT2D eigenvalue weighted by atomic mass is 79.9. The number of hydrogen-bond acceptors (Lipinski definition) is 5. The summed E-state index contributed by atoms with van der Waals surface area (Å²) in [6, 6.07) is 0. The zero-order valence-corrected chi connectivity index (χ0v) is 13.9. The van der Waals surface area contributed by atoms with E-state index in [1.807, 2.05) is 0 Å². The van der Waals surface area contributed by atoms with E-state index in [1.54, 1.807) is 31.9 Å². The predicted molar refractivity (Wildman–Crippen MR) is 81.3 cm³/mol. The highest BCUT2D eigenvalue weighted by Gasteiger charge is 2.28. The van der Waals surface area contributed by atoms with Gasteiger partial charge in [-0.15, -0.1) is 0 Å². The minimum Gasteiger partial charge on any atom is -0.334 e. The van der Waals surface area contributed by atoms with Crippen LogP contribution in [0.25, 0.3) is 0 Å². The van der Waals surface area contributed by atoms with E-state index in [-0.39, 0.29) is 17.9 Å².